The number of hydrogen-bond donors (Lipinski definition) is 1. The number of benzene rings is 1. The fourth-order valence-electron chi connectivity index (χ4n) is 1.20. The van der Waals surface area contributed by atoms with E-state index >= 15 is 0 Å². The molecule has 5 heteroatoms. The number of rotatable bonds is 5. The molecule has 0 spiro atoms. The first-order valence-corrected chi connectivity index (χ1v) is 5.73. The summed E-state index contributed by atoms with van der Waals surface area (Å²) in [6.07, 6.45) is 0. The van der Waals surface area contributed by atoms with Gasteiger partial charge in [-0.25, -0.2) is 4.39 Å². The van der Waals surface area contributed by atoms with Crippen LogP contribution in [0.2, 0.25) is 0 Å². The van der Waals surface area contributed by atoms with Gasteiger partial charge >= 0.3 is 5.97 Å². The lowest BCUT2D eigenvalue weighted by Crippen LogP contribution is -2.24. The van der Waals surface area contributed by atoms with Crippen LogP contribution in [-0.4, -0.2) is 19.1 Å². The molecule has 3 nitrogen and oxygen atoms in total. The molecule has 0 atom stereocenters. The maximum atomic E-state index is 13.1. The number of esters is 1. The molecule has 0 aromatic heterocycles. The minimum Gasteiger partial charge on any atom is -0.465 e. The standard InChI is InChI=1S/C11H13BrFNO2/c1-2-16-10(15)7-14-6-8-4-3-5-9(13)11(8)12/h3-5,14H,2,6-7H2,1H3. The molecule has 88 valence electrons. The van der Waals surface area contributed by atoms with Crippen LogP contribution in [0.4, 0.5) is 4.39 Å². The van der Waals surface area contributed by atoms with E-state index in [9.17, 15) is 9.18 Å². The van der Waals surface area contributed by atoms with Crippen molar-refractivity contribution in [3.05, 3.63) is 34.1 Å². The second-order valence-electron chi connectivity index (χ2n) is 3.12. The van der Waals surface area contributed by atoms with Gasteiger partial charge in [-0.1, -0.05) is 12.1 Å². The Morgan fingerprint density at radius 1 is 1.56 bits per heavy atom. The summed E-state index contributed by atoms with van der Waals surface area (Å²) in [7, 11) is 0. The summed E-state index contributed by atoms with van der Waals surface area (Å²) in [5, 5.41) is 2.88. The summed E-state index contributed by atoms with van der Waals surface area (Å²) < 4.78 is 18.3. The summed E-state index contributed by atoms with van der Waals surface area (Å²) >= 11 is 3.15. The Kier molecular flexibility index (Phi) is 5.42. The van der Waals surface area contributed by atoms with Crippen LogP contribution in [0.5, 0.6) is 0 Å². The predicted molar refractivity (Wildman–Crippen MR) is 62.4 cm³/mol. The minimum absolute atomic E-state index is 0.122. The average Bonchev–Trinajstić information content (AvgIpc) is 2.25. The molecule has 0 saturated heterocycles. The van der Waals surface area contributed by atoms with Crippen LogP contribution in [0.3, 0.4) is 0 Å². The Balaban J connectivity index is 2.43. The second-order valence-corrected chi connectivity index (χ2v) is 3.91. The minimum atomic E-state index is -0.310. The van der Waals surface area contributed by atoms with E-state index in [0.717, 1.165) is 5.56 Å². The molecule has 0 amide bonds. The lowest BCUT2D eigenvalue weighted by molar-refractivity contribution is -0.142. The molecule has 0 unspecified atom stereocenters. The number of carbonyl (C=O) groups excluding carboxylic acids is 1. The van der Waals surface area contributed by atoms with E-state index in [1.165, 1.54) is 6.07 Å². The molecule has 0 aliphatic heterocycles. The van der Waals surface area contributed by atoms with Crippen LogP contribution in [-0.2, 0) is 16.1 Å². The van der Waals surface area contributed by atoms with Crippen molar-refractivity contribution < 1.29 is 13.9 Å². The van der Waals surface area contributed by atoms with Crippen molar-refractivity contribution in [3.8, 4) is 0 Å². The van der Waals surface area contributed by atoms with Crippen LogP contribution >= 0.6 is 15.9 Å². The third-order valence-electron chi connectivity index (χ3n) is 1.92. The van der Waals surface area contributed by atoms with Gasteiger partial charge in [0.1, 0.15) is 5.82 Å². The van der Waals surface area contributed by atoms with Crippen LogP contribution in [0.25, 0.3) is 0 Å². The zero-order valence-electron chi connectivity index (χ0n) is 8.93. The average molecular weight is 290 g/mol. The summed E-state index contributed by atoms with van der Waals surface area (Å²) in [4.78, 5) is 11.0. The van der Waals surface area contributed by atoms with E-state index in [-0.39, 0.29) is 18.3 Å². The van der Waals surface area contributed by atoms with Crippen LogP contribution in [0.1, 0.15) is 12.5 Å². The van der Waals surface area contributed by atoms with E-state index in [1.54, 1.807) is 19.1 Å². The van der Waals surface area contributed by atoms with E-state index in [2.05, 4.69) is 21.2 Å². The van der Waals surface area contributed by atoms with Gasteiger partial charge in [0.25, 0.3) is 0 Å². The monoisotopic (exact) mass is 289 g/mol. The Bertz CT molecular complexity index is 371. The van der Waals surface area contributed by atoms with E-state index in [4.69, 9.17) is 4.74 Å². The molecule has 0 fully saturated rings. The fourth-order valence-corrected chi connectivity index (χ4v) is 1.60. The zero-order valence-corrected chi connectivity index (χ0v) is 10.5. The number of carbonyl (C=O) groups is 1. The fraction of sp³-hybridized carbons (Fsp3) is 0.364. The highest BCUT2D eigenvalue weighted by Gasteiger charge is 2.06. The van der Waals surface area contributed by atoms with E-state index in [0.29, 0.717) is 17.6 Å². The molecule has 0 saturated carbocycles. The van der Waals surface area contributed by atoms with Gasteiger partial charge in [0.2, 0.25) is 0 Å². The van der Waals surface area contributed by atoms with Crippen molar-refractivity contribution in [2.24, 2.45) is 0 Å². The van der Waals surface area contributed by atoms with Crippen LogP contribution < -0.4 is 5.32 Å². The molecule has 1 aromatic rings. The first-order valence-electron chi connectivity index (χ1n) is 4.94. The van der Waals surface area contributed by atoms with Gasteiger partial charge in [0, 0.05) is 6.54 Å². The van der Waals surface area contributed by atoms with Crippen molar-refractivity contribution in [1.29, 1.82) is 0 Å². The van der Waals surface area contributed by atoms with Crippen molar-refractivity contribution in [2.45, 2.75) is 13.5 Å². The largest absolute Gasteiger partial charge is 0.465 e. The van der Waals surface area contributed by atoms with Gasteiger partial charge in [-0.3, -0.25) is 4.79 Å². The number of halogens is 2. The summed E-state index contributed by atoms with van der Waals surface area (Å²) in [6.45, 7) is 2.65. The number of nitrogens with one attached hydrogen (secondary N) is 1. The van der Waals surface area contributed by atoms with Gasteiger partial charge in [0.05, 0.1) is 17.6 Å². The third-order valence-corrected chi connectivity index (χ3v) is 2.81. The summed E-state index contributed by atoms with van der Waals surface area (Å²) in [6, 6.07) is 4.78. The highest BCUT2D eigenvalue weighted by Crippen LogP contribution is 2.19. The first kappa shape index (κ1) is 13.1. The van der Waals surface area contributed by atoms with Crippen molar-refractivity contribution >= 4 is 21.9 Å². The Morgan fingerprint density at radius 3 is 3.00 bits per heavy atom. The molecule has 1 rings (SSSR count). The van der Waals surface area contributed by atoms with Gasteiger partial charge in [0.15, 0.2) is 0 Å². The molecule has 0 heterocycles. The predicted octanol–water partition coefficient (Wildman–Crippen LogP) is 2.24. The maximum absolute atomic E-state index is 13.1. The number of ether oxygens (including phenoxy) is 1. The smallest absolute Gasteiger partial charge is 0.319 e. The molecule has 1 aromatic carbocycles. The van der Waals surface area contributed by atoms with Crippen LogP contribution in [0, 0.1) is 5.82 Å². The molecule has 0 aliphatic rings. The quantitative estimate of drug-likeness (QED) is 0.845. The highest BCUT2D eigenvalue weighted by atomic mass is 79.9. The van der Waals surface area contributed by atoms with Crippen LogP contribution in [0.15, 0.2) is 22.7 Å². The molecule has 0 radical (unpaired) electrons. The summed E-state index contributed by atoms with van der Waals surface area (Å²) in [5.74, 6) is -0.620. The molecule has 16 heavy (non-hydrogen) atoms. The van der Waals surface area contributed by atoms with E-state index in [1.807, 2.05) is 0 Å². The molecular formula is C11H13BrFNO2. The van der Waals surface area contributed by atoms with Crippen molar-refractivity contribution in [3.63, 3.8) is 0 Å². The number of hydrogen-bond acceptors (Lipinski definition) is 3. The van der Waals surface area contributed by atoms with Gasteiger partial charge in [-0.15, -0.1) is 0 Å². The van der Waals surface area contributed by atoms with Crippen molar-refractivity contribution in [2.75, 3.05) is 13.2 Å². The third kappa shape index (κ3) is 3.90. The Labute approximate surface area is 102 Å². The van der Waals surface area contributed by atoms with Crippen molar-refractivity contribution in [1.82, 2.24) is 5.32 Å². The molecular weight excluding hydrogens is 277 g/mol. The topological polar surface area (TPSA) is 38.3 Å². The maximum Gasteiger partial charge on any atom is 0.319 e. The normalized spacial score (nSPS) is 10.2. The highest BCUT2D eigenvalue weighted by molar-refractivity contribution is 9.10. The lowest BCUT2D eigenvalue weighted by Gasteiger charge is -2.07. The summed E-state index contributed by atoms with van der Waals surface area (Å²) in [5.41, 5.74) is 0.768. The molecule has 1 N–H and O–H groups in total. The Morgan fingerprint density at radius 2 is 2.31 bits per heavy atom. The molecule has 0 bridgehead atoms. The lowest BCUT2D eigenvalue weighted by atomic mass is 10.2. The second kappa shape index (κ2) is 6.60. The zero-order chi connectivity index (χ0) is 12.0. The van der Waals surface area contributed by atoms with Gasteiger partial charge in [-0.05, 0) is 34.5 Å². The SMILES string of the molecule is CCOC(=O)CNCc1cccc(F)c1Br. The van der Waals surface area contributed by atoms with E-state index < -0.39 is 0 Å². The Hall–Kier alpha value is -0.940. The molecule has 0 aliphatic carbocycles. The van der Waals surface area contributed by atoms with Gasteiger partial charge < -0.3 is 10.1 Å². The van der Waals surface area contributed by atoms with Gasteiger partial charge in [-0.2, -0.15) is 0 Å². The first-order chi connectivity index (χ1) is 7.65.